The molecule has 1 unspecified atom stereocenters. The molecule has 1 atom stereocenters. The summed E-state index contributed by atoms with van der Waals surface area (Å²) in [6.07, 6.45) is -3.52. The van der Waals surface area contributed by atoms with E-state index in [1.165, 1.54) is 43.3 Å². The number of hydrogen-bond acceptors (Lipinski definition) is 7. The van der Waals surface area contributed by atoms with Crippen molar-refractivity contribution < 1.29 is 27.4 Å². The molecule has 0 aliphatic rings. The number of benzene rings is 2. The van der Waals surface area contributed by atoms with Gasteiger partial charge in [-0.05, 0) is 19.1 Å². The Morgan fingerprint density at radius 3 is 2.03 bits per heavy atom. The fourth-order valence-corrected chi connectivity index (χ4v) is 4.14. The fourth-order valence-electron chi connectivity index (χ4n) is 4.14. The summed E-state index contributed by atoms with van der Waals surface area (Å²) in [5.41, 5.74) is -6.46. The lowest BCUT2D eigenvalue weighted by Gasteiger charge is -2.35. The third kappa shape index (κ3) is 4.64. The van der Waals surface area contributed by atoms with Crippen molar-refractivity contribution in [2.45, 2.75) is 24.9 Å². The number of halogens is 3. The molecule has 0 saturated heterocycles. The molecular formula is C26H21F3N4O4. The SMILES string of the molecule is CCOC(=O)c1nc(C(C(F)F)C(F)(c2ccccc2C#N)c2ccccc2C#N)n(C)c(=O)c1OC. The van der Waals surface area contributed by atoms with Gasteiger partial charge in [0.1, 0.15) is 11.7 Å². The Kier molecular flexibility index (Phi) is 7.98. The minimum Gasteiger partial charge on any atom is -0.489 e. The van der Waals surface area contributed by atoms with Crippen LogP contribution >= 0.6 is 0 Å². The van der Waals surface area contributed by atoms with Crippen molar-refractivity contribution in [2.75, 3.05) is 13.7 Å². The standard InChI is InChI=1S/C26H21F3N4O4/c1-4-37-25(35)20-21(36-3)24(34)33(2)23(32-20)19(22(27)28)26(29,17-11-7-5-9-15(17)13-30)18-12-8-6-10-16(18)14-31/h5-12,19,22H,4H2,1-3H3. The van der Waals surface area contributed by atoms with Gasteiger partial charge in [0.2, 0.25) is 5.75 Å². The van der Waals surface area contributed by atoms with Gasteiger partial charge in [0.25, 0.3) is 12.0 Å². The van der Waals surface area contributed by atoms with Gasteiger partial charge in [0.15, 0.2) is 11.4 Å². The molecule has 11 heteroatoms. The highest BCUT2D eigenvalue weighted by atomic mass is 19.3. The summed E-state index contributed by atoms with van der Waals surface area (Å²) >= 11 is 0. The molecule has 37 heavy (non-hydrogen) atoms. The average Bonchev–Trinajstić information content (AvgIpc) is 2.90. The average molecular weight is 510 g/mol. The van der Waals surface area contributed by atoms with Crippen LogP contribution in [0.5, 0.6) is 5.75 Å². The summed E-state index contributed by atoms with van der Waals surface area (Å²) in [5, 5.41) is 19.3. The summed E-state index contributed by atoms with van der Waals surface area (Å²) < 4.78 is 58.1. The number of nitriles is 2. The van der Waals surface area contributed by atoms with Crippen LogP contribution in [0.2, 0.25) is 0 Å². The number of rotatable bonds is 8. The molecule has 2 aromatic carbocycles. The molecule has 0 bridgehead atoms. The first kappa shape index (κ1) is 27.0. The quantitative estimate of drug-likeness (QED) is 0.421. The molecule has 3 aromatic rings. The third-order valence-electron chi connectivity index (χ3n) is 5.79. The first-order chi connectivity index (χ1) is 17.7. The molecule has 0 aliphatic carbocycles. The number of methoxy groups -OCH3 is 1. The predicted molar refractivity (Wildman–Crippen MR) is 125 cm³/mol. The molecule has 3 rings (SSSR count). The van der Waals surface area contributed by atoms with Crippen molar-refractivity contribution in [2.24, 2.45) is 7.05 Å². The smallest absolute Gasteiger partial charge is 0.361 e. The molecule has 0 spiro atoms. The molecule has 0 saturated carbocycles. The van der Waals surface area contributed by atoms with E-state index in [4.69, 9.17) is 9.47 Å². The molecule has 0 radical (unpaired) electrons. The van der Waals surface area contributed by atoms with Gasteiger partial charge >= 0.3 is 5.97 Å². The zero-order valence-electron chi connectivity index (χ0n) is 20.0. The highest BCUT2D eigenvalue weighted by Crippen LogP contribution is 2.50. The van der Waals surface area contributed by atoms with Crippen molar-refractivity contribution in [3.63, 3.8) is 0 Å². The lowest BCUT2D eigenvalue weighted by molar-refractivity contribution is 0.0247. The van der Waals surface area contributed by atoms with Crippen LogP contribution in [0.4, 0.5) is 13.2 Å². The molecule has 0 fully saturated rings. The van der Waals surface area contributed by atoms with Gasteiger partial charge < -0.3 is 9.47 Å². The molecule has 8 nitrogen and oxygen atoms in total. The highest BCUT2D eigenvalue weighted by Gasteiger charge is 2.53. The maximum Gasteiger partial charge on any atom is 0.361 e. The number of carbonyl (C=O) groups excluding carboxylic acids is 1. The van der Waals surface area contributed by atoms with Gasteiger partial charge in [0.05, 0.1) is 37.0 Å². The maximum absolute atomic E-state index is 17.6. The summed E-state index contributed by atoms with van der Waals surface area (Å²) in [4.78, 5) is 29.5. The van der Waals surface area contributed by atoms with Crippen molar-refractivity contribution in [1.82, 2.24) is 9.55 Å². The Morgan fingerprint density at radius 1 is 1.08 bits per heavy atom. The van der Waals surface area contributed by atoms with Crippen LogP contribution < -0.4 is 10.3 Å². The Hall–Kier alpha value is -4.64. The Morgan fingerprint density at radius 2 is 1.59 bits per heavy atom. The lowest BCUT2D eigenvalue weighted by atomic mass is 9.74. The number of esters is 1. The summed E-state index contributed by atoms with van der Waals surface area (Å²) in [6, 6.07) is 13.9. The number of carbonyl (C=O) groups is 1. The van der Waals surface area contributed by atoms with Crippen molar-refractivity contribution >= 4 is 5.97 Å². The van der Waals surface area contributed by atoms with Crippen LogP contribution in [-0.2, 0) is 17.5 Å². The van der Waals surface area contributed by atoms with Gasteiger partial charge in [-0.2, -0.15) is 10.5 Å². The largest absolute Gasteiger partial charge is 0.489 e. The van der Waals surface area contributed by atoms with Crippen LogP contribution in [0.3, 0.4) is 0 Å². The van der Waals surface area contributed by atoms with E-state index >= 15 is 4.39 Å². The monoisotopic (exact) mass is 510 g/mol. The second-order valence-corrected chi connectivity index (χ2v) is 7.78. The summed E-state index contributed by atoms with van der Waals surface area (Å²) in [6.45, 7) is 1.36. The molecular weight excluding hydrogens is 489 g/mol. The van der Waals surface area contributed by atoms with Gasteiger partial charge in [-0.3, -0.25) is 9.36 Å². The number of aromatic nitrogens is 2. The molecule has 0 aliphatic heterocycles. The van der Waals surface area contributed by atoms with Gasteiger partial charge in [-0.25, -0.2) is 22.9 Å². The molecule has 1 aromatic heterocycles. The van der Waals surface area contributed by atoms with Gasteiger partial charge in [-0.1, -0.05) is 36.4 Å². The zero-order valence-corrected chi connectivity index (χ0v) is 20.0. The predicted octanol–water partition coefficient (Wildman–Crippen LogP) is 3.97. The van der Waals surface area contributed by atoms with Crippen LogP contribution in [0.25, 0.3) is 0 Å². The minimum atomic E-state index is -3.52. The topological polar surface area (TPSA) is 118 Å². The van der Waals surface area contributed by atoms with E-state index in [2.05, 4.69) is 4.98 Å². The van der Waals surface area contributed by atoms with Crippen LogP contribution in [-0.4, -0.2) is 35.7 Å². The van der Waals surface area contributed by atoms with Crippen molar-refractivity contribution in [3.05, 3.63) is 92.7 Å². The van der Waals surface area contributed by atoms with E-state index in [1.807, 2.05) is 0 Å². The summed E-state index contributed by atoms with van der Waals surface area (Å²) in [7, 11) is 2.15. The van der Waals surface area contributed by atoms with E-state index < -0.39 is 57.9 Å². The number of ether oxygens (including phenoxy) is 2. The van der Waals surface area contributed by atoms with E-state index in [9.17, 15) is 28.9 Å². The van der Waals surface area contributed by atoms with E-state index in [-0.39, 0.29) is 17.7 Å². The normalized spacial score (nSPS) is 11.9. The Labute approximate surface area is 210 Å². The number of nitrogens with zero attached hydrogens (tertiary/aromatic N) is 4. The molecule has 0 N–H and O–H groups in total. The van der Waals surface area contributed by atoms with Crippen LogP contribution in [0, 0.1) is 22.7 Å². The summed E-state index contributed by atoms with van der Waals surface area (Å²) in [5.74, 6) is -5.07. The zero-order chi connectivity index (χ0) is 27.3. The molecule has 190 valence electrons. The van der Waals surface area contributed by atoms with Crippen LogP contribution in [0.1, 0.15) is 51.4 Å². The third-order valence-corrected chi connectivity index (χ3v) is 5.79. The Balaban J connectivity index is 2.52. The molecule has 0 amide bonds. The minimum absolute atomic E-state index is 0.120. The number of alkyl halides is 3. The second-order valence-electron chi connectivity index (χ2n) is 7.78. The second kappa shape index (κ2) is 11.0. The van der Waals surface area contributed by atoms with Gasteiger partial charge in [0, 0.05) is 18.2 Å². The van der Waals surface area contributed by atoms with E-state index in [0.29, 0.717) is 4.57 Å². The van der Waals surface area contributed by atoms with Crippen molar-refractivity contribution in [3.8, 4) is 17.9 Å². The van der Waals surface area contributed by atoms with Crippen molar-refractivity contribution in [1.29, 1.82) is 10.5 Å². The van der Waals surface area contributed by atoms with Crippen LogP contribution in [0.15, 0.2) is 53.3 Å². The number of hydrogen-bond donors (Lipinski definition) is 0. The van der Waals surface area contributed by atoms with E-state index in [1.54, 1.807) is 12.1 Å². The first-order valence-electron chi connectivity index (χ1n) is 11.0. The fraction of sp³-hybridized carbons (Fsp3) is 0.269. The lowest BCUT2D eigenvalue weighted by Crippen LogP contribution is -2.41. The van der Waals surface area contributed by atoms with Gasteiger partial charge in [-0.15, -0.1) is 0 Å². The highest BCUT2D eigenvalue weighted by molar-refractivity contribution is 5.90. The first-order valence-corrected chi connectivity index (χ1v) is 11.0. The Bertz CT molecular complexity index is 1420. The van der Waals surface area contributed by atoms with E-state index in [0.717, 1.165) is 26.3 Å². The maximum atomic E-state index is 17.6. The molecule has 1 heterocycles.